The maximum atomic E-state index is 5.87. The Hall–Kier alpha value is -1.06. The van der Waals surface area contributed by atoms with Crippen LogP contribution in [0.1, 0.15) is 37.7 Å². The van der Waals surface area contributed by atoms with Gasteiger partial charge in [0.25, 0.3) is 0 Å². The Morgan fingerprint density at radius 2 is 1.85 bits per heavy atom. The van der Waals surface area contributed by atoms with Crippen LogP contribution in [-0.4, -0.2) is 42.0 Å². The topological polar surface area (TPSA) is 32.5 Å². The molecule has 0 amide bonds. The quantitative estimate of drug-likeness (QED) is 0.860. The Morgan fingerprint density at radius 3 is 2.65 bits per heavy atom. The first kappa shape index (κ1) is 13.9. The Kier molecular flexibility index (Phi) is 4.58. The molecule has 2 N–H and O–H groups in total. The summed E-state index contributed by atoms with van der Waals surface area (Å²) in [5, 5.41) is 0. The normalized spacial score (nSPS) is 25.7. The van der Waals surface area contributed by atoms with Crippen molar-refractivity contribution in [2.45, 2.75) is 44.7 Å². The van der Waals surface area contributed by atoms with Gasteiger partial charge in [0.15, 0.2) is 0 Å². The van der Waals surface area contributed by atoms with Crippen molar-refractivity contribution in [3.8, 4) is 0 Å². The Bertz CT molecular complexity index is 426. The molecule has 3 rings (SSSR count). The third-order valence-corrected chi connectivity index (χ3v) is 4.80. The third-order valence-electron chi connectivity index (χ3n) is 4.80. The van der Waals surface area contributed by atoms with E-state index < -0.39 is 0 Å². The first-order valence-electron chi connectivity index (χ1n) is 8.12. The van der Waals surface area contributed by atoms with E-state index in [1.54, 1.807) is 0 Å². The van der Waals surface area contributed by atoms with Crippen LogP contribution in [0, 0.1) is 0 Å². The molecule has 1 aromatic rings. The van der Waals surface area contributed by atoms with E-state index in [1.165, 1.54) is 63.8 Å². The van der Waals surface area contributed by atoms with E-state index >= 15 is 0 Å². The minimum atomic E-state index is 0.836. The van der Waals surface area contributed by atoms with Crippen LogP contribution >= 0.6 is 0 Å². The van der Waals surface area contributed by atoms with Gasteiger partial charge in [-0.3, -0.25) is 4.90 Å². The van der Waals surface area contributed by atoms with Crippen LogP contribution in [0.3, 0.4) is 0 Å². The molecule has 0 aromatic heterocycles. The molecule has 2 aliphatic rings. The predicted molar refractivity (Wildman–Crippen MR) is 84.6 cm³/mol. The average molecular weight is 273 g/mol. The fraction of sp³-hybridized carbons (Fsp3) is 0.647. The molecule has 3 heteroatoms. The lowest BCUT2D eigenvalue weighted by Crippen LogP contribution is -2.33. The highest BCUT2D eigenvalue weighted by molar-refractivity contribution is 5.40. The van der Waals surface area contributed by atoms with E-state index in [0.29, 0.717) is 0 Å². The van der Waals surface area contributed by atoms with E-state index in [0.717, 1.165) is 18.3 Å². The summed E-state index contributed by atoms with van der Waals surface area (Å²) in [6.07, 6.45) is 6.87. The van der Waals surface area contributed by atoms with Gasteiger partial charge in [0, 0.05) is 18.3 Å². The molecule has 0 spiro atoms. The number of likely N-dealkylation sites (tertiary alicyclic amines) is 2. The highest BCUT2D eigenvalue weighted by Crippen LogP contribution is 2.22. The van der Waals surface area contributed by atoms with Gasteiger partial charge in [-0.25, -0.2) is 0 Å². The third kappa shape index (κ3) is 3.53. The van der Waals surface area contributed by atoms with E-state index in [-0.39, 0.29) is 0 Å². The van der Waals surface area contributed by atoms with Crippen LogP contribution in [0.5, 0.6) is 0 Å². The smallest absolute Gasteiger partial charge is 0.0317 e. The number of rotatable bonds is 3. The molecule has 0 saturated carbocycles. The van der Waals surface area contributed by atoms with Crippen LogP contribution in [0.15, 0.2) is 24.3 Å². The summed E-state index contributed by atoms with van der Waals surface area (Å²) >= 11 is 0. The zero-order chi connectivity index (χ0) is 13.8. The number of nitrogens with two attached hydrogens (primary N) is 1. The maximum Gasteiger partial charge on any atom is 0.0317 e. The molecule has 1 atom stereocenters. The lowest BCUT2D eigenvalue weighted by atomic mass is 10.1. The largest absolute Gasteiger partial charge is 0.399 e. The first-order valence-corrected chi connectivity index (χ1v) is 8.12. The second-order valence-corrected chi connectivity index (χ2v) is 6.35. The highest BCUT2D eigenvalue weighted by atomic mass is 15.2. The predicted octanol–water partition coefficient (Wildman–Crippen LogP) is 2.72. The number of nitrogen functional groups attached to an aromatic ring is 1. The van der Waals surface area contributed by atoms with Crippen molar-refractivity contribution in [3.05, 3.63) is 29.8 Å². The van der Waals surface area contributed by atoms with Gasteiger partial charge in [0.1, 0.15) is 0 Å². The minimum absolute atomic E-state index is 0.836. The van der Waals surface area contributed by atoms with Crippen LogP contribution in [-0.2, 0) is 6.54 Å². The fourth-order valence-electron chi connectivity index (χ4n) is 3.72. The molecule has 110 valence electrons. The zero-order valence-electron chi connectivity index (χ0n) is 12.4. The Balaban J connectivity index is 1.54. The number of anilines is 1. The molecule has 2 saturated heterocycles. The van der Waals surface area contributed by atoms with E-state index in [4.69, 9.17) is 5.73 Å². The van der Waals surface area contributed by atoms with Gasteiger partial charge in [-0.2, -0.15) is 0 Å². The molecule has 20 heavy (non-hydrogen) atoms. The summed E-state index contributed by atoms with van der Waals surface area (Å²) in [5.74, 6) is 0. The molecule has 3 nitrogen and oxygen atoms in total. The molecular weight excluding hydrogens is 246 g/mol. The Morgan fingerprint density at radius 1 is 1.00 bits per heavy atom. The number of nitrogens with zero attached hydrogens (tertiary/aromatic N) is 2. The van der Waals surface area contributed by atoms with Gasteiger partial charge in [-0.05, 0) is 76.0 Å². The monoisotopic (exact) mass is 273 g/mol. The summed E-state index contributed by atoms with van der Waals surface area (Å²) < 4.78 is 0. The van der Waals surface area contributed by atoms with Crippen LogP contribution in [0.2, 0.25) is 0 Å². The standard InChI is InChI=1S/C17H27N3/c18-16-6-3-5-15(13-16)14-19-9-4-7-17(8-12-19)20-10-1-2-11-20/h3,5-6,13,17H,1-2,4,7-12,14,18H2. The summed E-state index contributed by atoms with van der Waals surface area (Å²) in [4.78, 5) is 5.33. The van der Waals surface area contributed by atoms with Crippen LogP contribution < -0.4 is 5.73 Å². The molecule has 1 unspecified atom stereocenters. The van der Waals surface area contributed by atoms with Crippen LogP contribution in [0.25, 0.3) is 0 Å². The summed E-state index contributed by atoms with van der Waals surface area (Å²) in [6, 6.07) is 9.18. The Labute approximate surface area is 122 Å². The van der Waals surface area contributed by atoms with E-state index in [1.807, 2.05) is 6.07 Å². The first-order chi connectivity index (χ1) is 9.81. The van der Waals surface area contributed by atoms with E-state index in [9.17, 15) is 0 Å². The van der Waals surface area contributed by atoms with Crippen molar-refractivity contribution in [2.24, 2.45) is 0 Å². The molecular formula is C17H27N3. The van der Waals surface area contributed by atoms with E-state index in [2.05, 4.69) is 28.0 Å². The van der Waals surface area contributed by atoms with Gasteiger partial charge >= 0.3 is 0 Å². The van der Waals surface area contributed by atoms with Crippen molar-refractivity contribution in [1.82, 2.24) is 9.80 Å². The van der Waals surface area contributed by atoms with Crippen molar-refractivity contribution in [1.29, 1.82) is 0 Å². The molecule has 1 aromatic carbocycles. The molecule has 0 radical (unpaired) electrons. The second kappa shape index (κ2) is 6.59. The van der Waals surface area contributed by atoms with Crippen molar-refractivity contribution >= 4 is 5.69 Å². The SMILES string of the molecule is Nc1cccc(CN2CCCC(N3CCCC3)CC2)c1. The number of benzene rings is 1. The molecule has 2 fully saturated rings. The molecule has 2 heterocycles. The molecule has 0 bridgehead atoms. The lowest BCUT2D eigenvalue weighted by molar-refractivity contribution is 0.213. The van der Waals surface area contributed by atoms with Gasteiger partial charge in [0.05, 0.1) is 0 Å². The minimum Gasteiger partial charge on any atom is -0.399 e. The summed E-state index contributed by atoms with van der Waals surface area (Å²) in [5.41, 5.74) is 8.11. The van der Waals surface area contributed by atoms with Gasteiger partial charge < -0.3 is 10.6 Å². The highest BCUT2D eigenvalue weighted by Gasteiger charge is 2.24. The average Bonchev–Trinajstić information content (AvgIpc) is 2.87. The molecule has 0 aliphatic carbocycles. The van der Waals surface area contributed by atoms with Gasteiger partial charge in [0.2, 0.25) is 0 Å². The second-order valence-electron chi connectivity index (χ2n) is 6.35. The summed E-state index contributed by atoms with van der Waals surface area (Å²) in [6.45, 7) is 6.19. The van der Waals surface area contributed by atoms with Gasteiger partial charge in [-0.15, -0.1) is 0 Å². The van der Waals surface area contributed by atoms with Crippen LogP contribution in [0.4, 0.5) is 5.69 Å². The van der Waals surface area contributed by atoms with Crippen molar-refractivity contribution in [3.63, 3.8) is 0 Å². The lowest BCUT2D eigenvalue weighted by Gasteiger charge is -2.26. The molecule has 2 aliphatic heterocycles. The van der Waals surface area contributed by atoms with Gasteiger partial charge in [-0.1, -0.05) is 12.1 Å². The maximum absolute atomic E-state index is 5.87. The number of hydrogen-bond donors (Lipinski definition) is 1. The number of hydrogen-bond acceptors (Lipinski definition) is 3. The zero-order valence-corrected chi connectivity index (χ0v) is 12.4. The van der Waals surface area contributed by atoms with Crippen molar-refractivity contribution in [2.75, 3.05) is 31.9 Å². The van der Waals surface area contributed by atoms with Crippen molar-refractivity contribution < 1.29 is 0 Å². The summed E-state index contributed by atoms with van der Waals surface area (Å²) in [7, 11) is 0. The fourth-order valence-corrected chi connectivity index (χ4v) is 3.72.